The highest BCUT2D eigenvalue weighted by molar-refractivity contribution is 7.97. The summed E-state index contributed by atoms with van der Waals surface area (Å²) in [5.74, 6) is 0. The summed E-state index contributed by atoms with van der Waals surface area (Å²) in [6.07, 6.45) is 0. The van der Waals surface area contributed by atoms with Crippen molar-refractivity contribution < 1.29 is 9.59 Å². The van der Waals surface area contributed by atoms with Gasteiger partial charge in [-0.25, -0.2) is 0 Å². The summed E-state index contributed by atoms with van der Waals surface area (Å²) in [5, 5.41) is -0.778. The molecular weight excluding hydrogens is 168 g/mol. The van der Waals surface area contributed by atoms with Gasteiger partial charge < -0.3 is 0 Å². The van der Waals surface area contributed by atoms with Gasteiger partial charge in [0.05, 0.1) is 0 Å². The molecule has 0 amide bonds. The van der Waals surface area contributed by atoms with E-state index in [9.17, 15) is 9.59 Å². The lowest BCUT2D eigenvalue weighted by Gasteiger charge is -1.96. The molecule has 0 N–H and O–H groups in total. The number of rotatable bonds is 2. The second-order valence-electron chi connectivity index (χ2n) is 1.86. The van der Waals surface area contributed by atoms with Crippen molar-refractivity contribution in [3.63, 3.8) is 0 Å². The van der Waals surface area contributed by atoms with Gasteiger partial charge in [0.2, 0.25) is 10.2 Å². The smallest absolute Gasteiger partial charge is 0.212 e. The highest BCUT2D eigenvalue weighted by Crippen LogP contribution is 2.08. The lowest BCUT2D eigenvalue weighted by Crippen LogP contribution is -1.98. The normalized spacial score (nSPS) is 12.4. The fraction of sp³-hybridized carbons (Fsp3) is 0.333. The van der Waals surface area contributed by atoms with Crippen LogP contribution in [-0.2, 0) is 9.59 Å². The van der Waals surface area contributed by atoms with E-state index in [1.54, 1.807) is 13.8 Å². The van der Waals surface area contributed by atoms with Gasteiger partial charge in [-0.3, -0.25) is 9.59 Å². The molecule has 0 aliphatic carbocycles. The summed E-state index contributed by atoms with van der Waals surface area (Å²) in [6, 6.07) is 0. The van der Waals surface area contributed by atoms with Crippen LogP contribution in [0.15, 0.2) is 11.1 Å². The topological polar surface area (TPSA) is 34.1 Å². The monoisotopic (exact) mass is 176 g/mol. The van der Waals surface area contributed by atoms with E-state index in [4.69, 9.17) is 0 Å². The number of hydrogen-bond donors (Lipinski definition) is 2. The van der Waals surface area contributed by atoms with Crippen LogP contribution in [0.5, 0.6) is 0 Å². The third-order valence-corrected chi connectivity index (χ3v) is 1.87. The van der Waals surface area contributed by atoms with Crippen LogP contribution in [0.25, 0.3) is 0 Å². The molecule has 0 spiro atoms. The number of carbonyl (C=O) groups excluding carboxylic acids is 2. The molecule has 0 atom stereocenters. The summed E-state index contributed by atoms with van der Waals surface area (Å²) >= 11 is 7.09. The second-order valence-corrected chi connectivity index (χ2v) is 2.67. The summed E-state index contributed by atoms with van der Waals surface area (Å²) in [6.45, 7) is 3.08. The van der Waals surface area contributed by atoms with E-state index in [2.05, 4.69) is 25.3 Å². The second kappa shape index (κ2) is 3.83. The van der Waals surface area contributed by atoms with E-state index in [0.717, 1.165) is 0 Å². The maximum absolute atomic E-state index is 10.5. The molecule has 0 bridgehead atoms. The van der Waals surface area contributed by atoms with Crippen molar-refractivity contribution in [2.45, 2.75) is 13.8 Å². The predicted molar refractivity (Wildman–Crippen MR) is 46.4 cm³/mol. The Morgan fingerprint density at radius 1 is 0.900 bits per heavy atom. The molecular formula is C6H8O2S2. The van der Waals surface area contributed by atoms with Gasteiger partial charge in [-0.15, -0.1) is 25.3 Å². The minimum absolute atomic E-state index is 0.350. The fourth-order valence-corrected chi connectivity index (χ4v) is 0.656. The zero-order valence-electron chi connectivity index (χ0n) is 5.71. The summed E-state index contributed by atoms with van der Waals surface area (Å²) < 4.78 is 0. The molecule has 0 fully saturated rings. The largest absolute Gasteiger partial charge is 0.282 e. The number of hydrogen-bond acceptors (Lipinski definition) is 2. The van der Waals surface area contributed by atoms with Gasteiger partial charge in [-0.1, -0.05) is 0 Å². The van der Waals surface area contributed by atoms with Crippen LogP contribution in [0.4, 0.5) is 0 Å². The van der Waals surface area contributed by atoms with Gasteiger partial charge in [0, 0.05) is 11.1 Å². The third kappa shape index (κ3) is 2.58. The van der Waals surface area contributed by atoms with Crippen LogP contribution >= 0.6 is 25.3 Å². The van der Waals surface area contributed by atoms with Crippen LogP contribution in [0.2, 0.25) is 0 Å². The molecule has 0 rings (SSSR count). The van der Waals surface area contributed by atoms with E-state index in [1.807, 2.05) is 0 Å². The van der Waals surface area contributed by atoms with Crippen molar-refractivity contribution in [3.8, 4) is 0 Å². The summed E-state index contributed by atoms with van der Waals surface area (Å²) in [7, 11) is 0. The van der Waals surface area contributed by atoms with Crippen LogP contribution in [-0.4, -0.2) is 10.2 Å². The van der Waals surface area contributed by atoms with Gasteiger partial charge in [0.15, 0.2) is 0 Å². The maximum Gasteiger partial charge on any atom is 0.212 e. The molecule has 0 saturated carbocycles. The van der Waals surface area contributed by atoms with Crippen molar-refractivity contribution in [3.05, 3.63) is 11.1 Å². The Hall–Kier alpha value is -0.220. The first-order valence-electron chi connectivity index (χ1n) is 2.61. The SMILES string of the molecule is CC(C(=O)S)=C(C)C(=O)S. The molecule has 10 heavy (non-hydrogen) atoms. The van der Waals surface area contributed by atoms with Crippen LogP contribution in [0.1, 0.15) is 13.8 Å². The van der Waals surface area contributed by atoms with Gasteiger partial charge >= 0.3 is 0 Å². The van der Waals surface area contributed by atoms with Gasteiger partial charge in [0.1, 0.15) is 0 Å². The highest BCUT2D eigenvalue weighted by Gasteiger charge is 2.06. The van der Waals surface area contributed by atoms with Crippen molar-refractivity contribution >= 4 is 35.5 Å². The molecule has 56 valence electrons. The quantitative estimate of drug-likeness (QED) is 0.490. The van der Waals surface area contributed by atoms with E-state index in [-0.39, 0.29) is 10.2 Å². The highest BCUT2D eigenvalue weighted by atomic mass is 32.1. The van der Waals surface area contributed by atoms with E-state index in [0.29, 0.717) is 11.1 Å². The zero-order valence-corrected chi connectivity index (χ0v) is 7.50. The first-order valence-corrected chi connectivity index (χ1v) is 3.50. The average molecular weight is 176 g/mol. The molecule has 2 nitrogen and oxygen atoms in total. The van der Waals surface area contributed by atoms with Crippen molar-refractivity contribution in [1.29, 1.82) is 0 Å². The predicted octanol–water partition coefficient (Wildman–Crippen LogP) is 1.24. The molecule has 0 aromatic carbocycles. The molecule has 0 unspecified atom stereocenters. The number of carbonyl (C=O) groups is 2. The van der Waals surface area contributed by atoms with Crippen LogP contribution < -0.4 is 0 Å². The van der Waals surface area contributed by atoms with Gasteiger partial charge in [-0.05, 0) is 13.8 Å². The van der Waals surface area contributed by atoms with Gasteiger partial charge in [0.25, 0.3) is 0 Å². The zero-order chi connectivity index (χ0) is 8.31. The first kappa shape index (κ1) is 9.78. The lowest BCUT2D eigenvalue weighted by molar-refractivity contribution is -0.110. The minimum atomic E-state index is -0.389. The Labute approximate surface area is 70.5 Å². The Morgan fingerprint density at radius 3 is 1.20 bits per heavy atom. The minimum Gasteiger partial charge on any atom is -0.282 e. The van der Waals surface area contributed by atoms with E-state index in [1.165, 1.54) is 0 Å². The van der Waals surface area contributed by atoms with Gasteiger partial charge in [-0.2, -0.15) is 0 Å². The summed E-state index contributed by atoms with van der Waals surface area (Å²) in [5.41, 5.74) is 0.701. The number of thiol groups is 2. The Kier molecular flexibility index (Phi) is 3.75. The van der Waals surface area contributed by atoms with Crippen molar-refractivity contribution in [2.75, 3.05) is 0 Å². The van der Waals surface area contributed by atoms with Crippen LogP contribution in [0.3, 0.4) is 0 Å². The maximum atomic E-state index is 10.5. The standard InChI is InChI=1S/C6H8O2S2/c1-3(5(7)9)4(2)6(8)10/h1-2H3,(H,7,9)(H,8,10). The lowest BCUT2D eigenvalue weighted by atomic mass is 10.2. The Bertz CT molecular complexity index is 184. The molecule has 0 saturated heterocycles. The van der Waals surface area contributed by atoms with Crippen LogP contribution in [0, 0.1) is 0 Å². The first-order chi connectivity index (χ1) is 4.46. The Balaban J connectivity index is 4.67. The molecule has 0 aromatic rings. The molecule has 0 aliphatic heterocycles. The third-order valence-electron chi connectivity index (χ3n) is 1.20. The van der Waals surface area contributed by atoms with Crippen molar-refractivity contribution in [2.24, 2.45) is 0 Å². The van der Waals surface area contributed by atoms with Crippen molar-refractivity contribution in [1.82, 2.24) is 0 Å². The molecule has 4 heteroatoms. The van der Waals surface area contributed by atoms with E-state index < -0.39 is 0 Å². The van der Waals surface area contributed by atoms with E-state index >= 15 is 0 Å². The molecule has 0 aliphatic rings. The average Bonchev–Trinajstić information content (AvgIpc) is 1.84. The molecule has 0 aromatic heterocycles. The molecule has 0 radical (unpaired) electrons. The molecule has 0 heterocycles. The Morgan fingerprint density at radius 2 is 1.10 bits per heavy atom. The fourth-order valence-electron chi connectivity index (χ4n) is 0.321. The summed E-state index contributed by atoms with van der Waals surface area (Å²) in [4.78, 5) is 21.0.